The summed E-state index contributed by atoms with van der Waals surface area (Å²) in [5.41, 5.74) is 5.37. The molecule has 0 saturated heterocycles. The van der Waals surface area contributed by atoms with E-state index in [9.17, 15) is 9.90 Å². The average Bonchev–Trinajstić information content (AvgIpc) is 3.35. The molecule has 0 saturated carbocycles. The predicted molar refractivity (Wildman–Crippen MR) is 161 cm³/mol. The third-order valence-electron chi connectivity index (χ3n) is 6.22. The van der Waals surface area contributed by atoms with Gasteiger partial charge in [-0.25, -0.2) is 19.7 Å². The number of aliphatic carboxylic acids is 1. The van der Waals surface area contributed by atoms with Gasteiger partial charge < -0.3 is 14.6 Å². The Hall–Kier alpha value is -3.92. The van der Waals surface area contributed by atoms with Crippen molar-refractivity contribution in [3.05, 3.63) is 77.2 Å². The molecule has 3 heterocycles. The fourth-order valence-electron chi connectivity index (χ4n) is 4.54. The molecule has 5 aromatic rings. The van der Waals surface area contributed by atoms with Crippen molar-refractivity contribution in [2.24, 2.45) is 0 Å². The molecule has 10 heteroatoms. The summed E-state index contributed by atoms with van der Waals surface area (Å²) < 4.78 is 12.3. The highest BCUT2D eigenvalue weighted by molar-refractivity contribution is 7.22. The van der Waals surface area contributed by atoms with E-state index in [2.05, 4.69) is 15.0 Å². The van der Waals surface area contributed by atoms with E-state index in [-0.39, 0.29) is 0 Å². The van der Waals surface area contributed by atoms with Crippen molar-refractivity contribution in [1.29, 1.82) is 0 Å². The van der Waals surface area contributed by atoms with Crippen LogP contribution in [0.15, 0.2) is 61.1 Å². The van der Waals surface area contributed by atoms with Crippen LogP contribution in [-0.4, -0.2) is 43.2 Å². The van der Waals surface area contributed by atoms with Gasteiger partial charge in [0.25, 0.3) is 0 Å². The summed E-state index contributed by atoms with van der Waals surface area (Å²) >= 11 is 7.70. The van der Waals surface area contributed by atoms with Gasteiger partial charge in [0.1, 0.15) is 5.01 Å². The van der Waals surface area contributed by atoms with E-state index in [4.69, 9.17) is 26.1 Å². The van der Waals surface area contributed by atoms with E-state index in [1.165, 1.54) is 11.3 Å². The van der Waals surface area contributed by atoms with Crippen molar-refractivity contribution in [3.63, 3.8) is 0 Å². The molecule has 0 bridgehead atoms. The van der Waals surface area contributed by atoms with Crippen LogP contribution in [0.4, 0.5) is 0 Å². The van der Waals surface area contributed by atoms with Crippen molar-refractivity contribution < 1.29 is 19.4 Å². The van der Waals surface area contributed by atoms with Crippen LogP contribution in [0.2, 0.25) is 5.02 Å². The molecule has 0 fully saturated rings. The summed E-state index contributed by atoms with van der Waals surface area (Å²) in [5.74, 6) is -1.06. The number of benzene rings is 2. The Bertz CT molecular complexity index is 1710. The lowest BCUT2D eigenvalue weighted by atomic mass is 9.91. The van der Waals surface area contributed by atoms with Gasteiger partial charge in [-0.2, -0.15) is 0 Å². The number of ether oxygens (including phenoxy) is 2. The molecular formula is C31H29ClN4O4S. The number of halogens is 1. The number of carboxylic acids is 1. The maximum atomic E-state index is 12.6. The van der Waals surface area contributed by atoms with Crippen LogP contribution in [-0.2, 0) is 9.53 Å². The zero-order valence-electron chi connectivity index (χ0n) is 23.3. The maximum absolute atomic E-state index is 12.6. The highest BCUT2D eigenvalue weighted by atomic mass is 35.5. The molecule has 0 amide bonds. The Morgan fingerprint density at radius 3 is 2.37 bits per heavy atom. The van der Waals surface area contributed by atoms with Crippen LogP contribution in [0.3, 0.4) is 0 Å². The number of aryl methyl sites for hydroxylation is 1. The zero-order chi connectivity index (χ0) is 29.3. The molecule has 8 nitrogen and oxygen atoms in total. The Balaban J connectivity index is 1.68. The van der Waals surface area contributed by atoms with E-state index in [0.29, 0.717) is 28.9 Å². The quantitative estimate of drug-likeness (QED) is 0.196. The van der Waals surface area contributed by atoms with Crippen LogP contribution < -0.4 is 4.74 Å². The molecular weight excluding hydrogens is 560 g/mol. The van der Waals surface area contributed by atoms with Gasteiger partial charge in [0, 0.05) is 45.9 Å². The molecule has 41 heavy (non-hydrogen) atoms. The first-order chi connectivity index (χ1) is 19.5. The molecule has 2 aromatic carbocycles. The van der Waals surface area contributed by atoms with E-state index in [1.807, 2.05) is 65.0 Å². The number of hydrogen-bond acceptors (Lipinski definition) is 8. The normalized spacial score (nSPS) is 12.4. The topological polar surface area (TPSA) is 107 Å². The second-order valence-electron chi connectivity index (χ2n) is 10.4. The molecule has 0 aliphatic carbocycles. The molecule has 1 N–H and O–H groups in total. The van der Waals surface area contributed by atoms with Gasteiger partial charge >= 0.3 is 12.0 Å². The monoisotopic (exact) mass is 588 g/mol. The average molecular weight is 589 g/mol. The zero-order valence-corrected chi connectivity index (χ0v) is 24.9. The highest BCUT2D eigenvalue weighted by Crippen LogP contribution is 2.44. The fraction of sp³-hybridized carbons (Fsp3) is 0.258. The number of nitrogens with zero attached hydrogens (tertiary/aromatic N) is 4. The van der Waals surface area contributed by atoms with Crippen LogP contribution in [0.1, 0.15) is 44.9 Å². The second kappa shape index (κ2) is 11.5. The molecule has 0 unspecified atom stereocenters. The number of pyridine rings is 1. The van der Waals surface area contributed by atoms with Gasteiger partial charge in [0.2, 0.25) is 0 Å². The predicted octanol–water partition coefficient (Wildman–Crippen LogP) is 7.78. The van der Waals surface area contributed by atoms with E-state index in [0.717, 1.165) is 43.0 Å². The molecule has 1 atom stereocenters. The number of aromatic nitrogens is 4. The molecule has 0 spiro atoms. The minimum atomic E-state index is -1.18. The third-order valence-corrected chi connectivity index (χ3v) is 7.61. The summed E-state index contributed by atoms with van der Waals surface area (Å²) in [6.45, 7) is 9.80. The second-order valence-corrected chi connectivity index (χ2v) is 11.9. The van der Waals surface area contributed by atoms with Gasteiger partial charge in [0.15, 0.2) is 6.10 Å². The van der Waals surface area contributed by atoms with Gasteiger partial charge in [-0.1, -0.05) is 23.7 Å². The lowest BCUT2D eigenvalue weighted by Gasteiger charge is -2.28. The van der Waals surface area contributed by atoms with Gasteiger partial charge in [-0.15, -0.1) is 11.3 Å². The summed E-state index contributed by atoms with van der Waals surface area (Å²) in [6.07, 6.45) is 3.90. The van der Waals surface area contributed by atoms with Crippen molar-refractivity contribution in [1.82, 2.24) is 19.9 Å². The Labute approximate surface area is 247 Å². The van der Waals surface area contributed by atoms with Crippen LogP contribution in [0.5, 0.6) is 6.01 Å². The lowest BCUT2D eigenvalue weighted by Crippen LogP contribution is -2.28. The molecule has 0 aliphatic heterocycles. The first kappa shape index (κ1) is 28.6. The fourth-order valence-corrected chi connectivity index (χ4v) is 5.78. The van der Waals surface area contributed by atoms with Gasteiger partial charge in [-0.05, 0) is 76.1 Å². The number of fused-ring (bicyclic) bond motifs is 1. The Morgan fingerprint density at radius 2 is 1.73 bits per heavy atom. The van der Waals surface area contributed by atoms with Crippen molar-refractivity contribution in [2.45, 2.75) is 46.3 Å². The van der Waals surface area contributed by atoms with Crippen LogP contribution in [0.25, 0.3) is 43.2 Å². The van der Waals surface area contributed by atoms with Crippen LogP contribution >= 0.6 is 22.9 Å². The molecule has 0 radical (unpaired) electrons. The standard InChI is InChI=1S/C31H29ClN4O4S/c1-6-39-30-34-15-20(16-35-30)22-14-19(11-12-33-22)28-36-23-13-17(2)24(26(29(37)38)40-31(3,4)5)25(27(23)41-28)18-7-9-21(32)10-8-18/h7-16,26H,6H2,1-5H3,(H,37,38)/t26-/m0/s1. The van der Waals surface area contributed by atoms with Crippen LogP contribution in [0, 0.1) is 6.92 Å². The third kappa shape index (κ3) is 6.22. The maximum Gasteiger partial charge on any atom is 0.337 e. The Morgan fingerprint density at radius 1 is 1.02 bits per heavy atom. The SMILES string of the molecule is CCOc1ncc(-c2cc(-c3nc4cc(C)c([C@H](OC(C)(C)C)C(=O)O)c(-c5ccc(Cl)cc5)c4s3)ccn2)cn1. The lowest BCUT2D eigenvalue weighted by molar-refractivity contribution is -0.160. The van der Waals surface area contributed by atoms with Gasteiger partial charge in [-0.3, -0.25) is 4.98 Å². The Kier molecular flexibility index (Phi) is 8.04. The summed E-state index contributed by atoms with van der Waals surface area (Å²) in [4.78, 5) is 30.6. The van der Waals surface area contributed by atoms with Crippen molar-refractivity contribution in [2.75, 3.05) is 6.61 Å². The highest BCUT2D eigenvalue weighted by Gasteiger charge is 2.32. The van der Waals surface area contributed by atoms with E-state index < -0.39 is 17.7 Å². The molecule has 5 rings (SSSR count). The first-order valence-electron chi connectivity index (χ1n) is 13.1. The summed E-state index contributed by atoms with van der Waals surface area (Å²) in [7, 11) is 0. The first-order valence-corrected chi connectivity index (χ1v) is 14.3. The number of carboxylic acid groups (broad SMARTS) is 1. The smallest absolute Gasteiger partial charge is 0.337 e. The van der Waals surface area contributed by atoms with Crippen molar-refractivity contribution >= 4 is 39.1 Å². The number of carbonyl (C=O) groups is 1. The number of thiazole rings is 1. The molecule has 3 aromatic heterocycles. The minimum absolute atomic E-state index is 0.314. The van der Waals surface area contributed by atoms with Crippen molar-refractivity contribution in [3.8, 4) is 39.0 Å². The number of hydrogen-bond donors (Lipinski definition) is 1. The summed E-state index contributed by atoms with van der Waals surface area (Å²) in [6, 6.07) is 13.5. The summed E-state index contributed by atoms with van der Waals surface area (Å²) in [5, 5.41) is 11.6. The van der Waals surface area contributed by atoms with Gasteiger partial charge in [0.05, 0.1) is 28.1 Å². The van der Waals surface area contributed by atoms with E-state index >= 15 is 0 Å². The molecule has 0 aliphatic rings. The largest absolute Gasteiger partial charge is 0.479 e. The number of rotatable bonds is 8. The minimum Gasteiger partial charge on any atom is -0.479 e. The molecule has 210 valence electrons. The van der Waals surface area contributed by atoms with E-state index in [1.54, 1.807) is 30.7 Å².